The summed E-state index contributed by atoms with van der Waals surface area (Å²) in [5.41, 5.74) is 0.779. The normalized spacial score (nSPS) is 19.0. The van der Waals surface area contributed by atoms with Gasteiger partial charge < -0.3 is 5.32 Å². The lowest BCUT2D eigenvalue weighted by Crippen LogP contribution is -2.20. The van der Waals surface area contributed by atoms with Crippen LogP contribution < -0.4 is 5.32 Å². The van der Waals surface area contributed by atoms with Crippen LogP contribution in [0, 0.1) is 10.1 Å². The summed E-state index contributed by atoms with van der Waals surface area (Å²) in [5, 5.41) is 14.3. The van der Waals surface area contributed by atoms with Gasteiger partial charge in [0.15, 0.2) is 0 Å². The van der Waals surface area contributed by atoms with Crippen LogP contribution in [0.1, 0.15) is 19.3 Å². The number of hydrogen-bond acceptors (Lipinski definition) is 3. The lowest BCUT2D eigenvalue weighted by molar-refractivity contribution is -0.384. The predicted octanol–water partition coefficient (Wildman–Crippen LogP) is 3.77. The van der Waals surface area contributed by atoms with Gasteiger partial charge >= 0.3 is 0 Å². The van der Waals surface area contributed by atoms with Gasteiger partial charge in [-0.2, -0.15) is 0 Å². The average molecular weight is 253 g/mol. The Labute approximate surface area is 104 Å². The molecule has 0 radical (unpaired) electrons. The second kappa shape index (κ2) is 5.19. The fourth-order valence-electron chi connectivity index (χ4n) is 1.88. The van der Waals surface area contributed by atoms with E-state index in [1.807, 2.05) is 0 Å². The highest BCUT2D eigenvalue weighted by Crippen LogP contribution is 2.28. The zero-order valence-corrected chi connectivity index (χ0v) is 9.98. The summed E-state index contributed by atoms with van der Waals surface area (Å²) < 4.78 is 0. The van der Waals surface area contributed by atoms with Crippen LogP contribution in [0.25, 0.3) is 0 Å². The molecule has 0 saturated heterocycles. The summed E-state index contributed by atoms with van der Waals surface area (Å²) in [5.74, 6) is 0. The molecule has 1 atom stereocenters. The first-order valence-electron chi connectivity index (χ1n) is 5.52. The maximum Gasteiger partial charge on any atom is 0.271 e. The van der Waals surface area contributed by atoms with Gasteiger partial charge in [-0.25, -0.2) is 0 Å². The van der Waals surface area contributed by atoms with Crippen molar-refractivity contribution < 1.29 is 4.92 Å². The minimum absolute atomic E-state index is 0.0177. The third-order valence-electron chi connectivity index (χ3n) is 2.79. The molecule has 5 heteroatoms. The van der Waals surface area contributed by atoms with Gasteiger partial charge in [0.05, 0.1) is 15.6 Å². The molecule has 0 saturated carbocycles. The number of nitro groups is 1. The van der Waals surface area contributed by atoms with Gasteiger partial charge in [-0.15, -0.1) is 0 Å². The molecule has 0 bridgehead atoms. The molecule has 0 aromatic heterocycles. The van der Waals surface area contributed by atoms with Gasteiger partial charge in [-0.05, 0) is 25.3 Å². The van der Waals surface area contributed by atoms with Crippen molar-refractivity contribution in [1.82, 2.24) is 0 Å². The molecule has 90 valence electrons. The second-order valence-electron chi connectivity index (χ2n) is 4.05. The number of benzene rings is 1. The molecule has 1 unspecified atom stereocenters. The molecule has 0 amide bonds. The quantitative estimate of drug-likeness (QED) is 0.506. The van der Waals surface area contributed by atoms with Crippen LogP contribution >= 0.6 is 11.6 Å². The van der Waals surface area contributed by atoms with Gasteiger partial charge in [-0.3, -0.25) is 10.1 Å². The first kappa shape index (κ1) is 11.9. The van der Waals surface area contributed by atoms with Crippen molar-refractivity contribution in [3.8, 4) is 0 Å². The number of anilines is 1. The lowest BCUT2D eigenvalue weighted by atomic mass is 10.0. The van der Waals surface area contributed by atoms with Crippen LogP contribution in [0.3, 0.4) is 0 Å². The van der Waals surface area contributed by atoms with Crippen LogP contribution in [0.5, 0.6) is 0 Å². The Morgan fingerprint density at radius 3 is 2.82 bits per heavy atom. The molecule has 0 spiro atoms. The number of halogens is 1. The number of hydrogen-bond donors (Lipinski definition) is 1. The standard InChI is InChI=1S/C12H13ClN2O2/c13-11-8-10(15(16)17)6-7-12(11)14-9-4-2-1-3-5-9/h1-2,6-9,14H,3-5H2. The van der Waals surface area contributed by atoms with Crippen LogP contribution in [0.2, 0.25) is 5.02 Å². The van der Waals surface area contributed by atoms with Gasteiger partial charge in [0.25, 0.3) is 5.69 Å². The molecule has 1 aliphatic carbocycles. The molecule has 17 heavy (non-hydrogen) atoms. The van der Waals surface area contributed by atoms with Gasteiger partial charge in [-0.1, -0.05) is 23.8 Å². The fourth-order valence-corrected chi connectivity index (χ4v) is 2.11. The van der Waals surface area contributed by atoms with Crippen molar-refractivity contribution in [3.63, 3.8) is 0 Å². The number of nitro benzene ring substituents is 1. The minimum atomic E-state index is -0.445. The zero-order valence-electron chi connectivity index (χ0n) is 9.23. The molecule has 2 rings (SSSR count). The molecular weight excluding hydrogens is 240 g/mol. The smallest absolute Gasteiger partial charge is 0.271 e. The van der Waals surface area contributed by atoms with E-state index >= 15 is 0 Å². The van der Waals surface area contributed by atoms with E-state index in [0.717, 1.165) is 24.9 Å². The SMILES string of the molecule is O=[N+]([O-])c1ccc(NC2CC=CCC2)c(Cl)c1. The van der Waals surface area contributed by atoms with Crippen LogP contribution in [-0.4, -0.2) is 11.0 Å². The lowest BCUT2D eigenvalue weighted by Gasteiger charge is -2.21. The molecule has 4 nitrogen and oxygen atoms in total. The predicted molar refractivity (Wildman–Crippen MR) is 68.5 cm³/mol. The van der Waals surface area contributed by atoms with Gasteiger partial charge in [0.1, 0.15) is 0 Å². The van der Waals surface area contributed by atoms with Crippen LogP contribution in [0.15, 0.2) is 30.4 Å². The monoisotopic (exact) mass is 252 g/mol. The Morgan fingerprint density at radius 1 is 1.41 bits per heavy atom. The Balaban J connectivity index is 2.11. The molecule has 1 aromatic carbocycles. The van der Waals surface area contributed by atoms with Gasteiger partial charge in [0.2, 0.25) is 0 Å². The Bertz CT molecular complexity index is 460. The van der Waals surface area contributed by atoms with E-state index in [1.54, 1.807) is 6.07 Å². The van der Waals surface area contributed by atoms with E-state index in [0.29, 0.717) is 11.1 Å². The minimum Gasteiger partial charge on any atom is -0.381 e. The average Bonchev–Trinajstić information content (AvgIpc) is 2.33. The maximum atomic E-state index is 10.6. The van der Waals surface area contributed by atoms with Crippen molar-refractivity contribution >= 4 is 23.0 Å². The van der Waals surface area contributed by atoms with Crippen LogP contribution in [0.4, 0.5) is 11.4 Å². The van der Waals surface area contributed by atoms with E-state index in [2.05, 4.69) is 17.5 Å². The van der Waals surface area contributed by atoms with Gasteiger partial charge in [0, 0.05) is 18.2 Å². The number of nitrogens with one attached hydrogen (secondary N) is 1. The third-order valence-corrected chi connectivity index (χ3v) is 3.10. The summed E-state index contributed by atoms with van der Waals surface area (Å²) in [7, 11) is 0. The summed E-state index contributed by atoms with van der Waals surface area (Å²) in [6, 6.07) is 4.87. The summed E-state index contributed by atoms with van der Waals surface area (Å²) in [4.78, 5) is 10.1. The van der Waals surface area contributed by atoms with E-state index < -0.39 is 4.92 Å². The largest absolute Gasteiger partial charge is 0.381 e. The van der Waals surface area contributed by atoms with Crippen LogP contribution in [-0.2, 0) is 0 Å². The topological polar surface area (TPSA) is 55.2 Å². The summed E-state index contributed by atoms with van der Waals surface area (Å²) in [6.07, 6.45) is 7.38. The Hall–Kier alpha value is -1.55. The zero-order chi connectivity index (χ0) is 12.3. The highest BCUT2D eigenvalue weighted by atomic mass is 35.5. The number of non-ortho nitro benzene ring substituents is 1. The van der Waals surface area contributed by atoms with Crippen molar-refractivity contribution in [2.24, 2.45) is 0 Å². The fraction of sp³-hybridized carbons (Fsp3) is 0.333. The molecule has 1 aliphatic rings. The maximum absolute atomic E-state index is 10.6. The molecule has 1 N–H and O–H groups in total. The number of allylic oxidation sites excluding steroid dienone is 1. The van der Waals surface area contributed by atoms with Crippen molar-refractivity contribution in [3.05, 3.63) is 45.5 Å². The second-order valence-corrected chi connectivity index (χ2v) is 4.45. The molecule has 0 fully saturated rings. The van der Waals surface area contributed by atoms with Crippen molar-refractivity contribution in [2.75, 3.05) is 5.32 Å². The Kier molecular flexibility index (Phi) is 3.64. The van der Waals surface area contributed by atoms with E-state index in [9.17, 15) is 10.1 Å². The van der Waals surface area contributed by atoms with Crippen molar-refractivity contribution in [1.29, 1.82) is 0 Å². The van der Waals surface area contributed by atoms with E-state index in [1.165, 1.54) is 12.1 Å². The number of rotatable bonds is 3. The van der Waals surface area contributed by atoms with E-state index in [4.69, 9.17) is 11.6 Å². The molecule has 0 heterocycles. The first-order valence-corrected chi connectivity index (χ1v) is 5.90. The Morgan fingerprint density at radius 2 is 2.24 bits per heavy atom. The summed E-state index contributed by atoms with van der Waals surface area (Å²) >= 11 is 6.01. The highest BCUT2D eigenvalue weighted by molar-refractivity contribution is 6.33. The molecule has 0 aliphatic heterocycles. The van der Waals surface area contributed by atoms with Crippen molar-refractivity contribution in [2.45, 2.75) is 25.3 Å². The molecular formula is C12H13ClN2O2. The third kappa shape index (κ3) is 2.97. The molecule has 1 aromatic rings. The highest BCUT2D eigenvalue weighted by Gasteiger charge is 2.13. The number of nitrogens with zero attached hydrogens (tertiary/aromatic N) is 1. The summed E-state index contributed by atoms with van der Waals surface area (Å²) in [6.45, 7) is 0. The first-order chi connectivity index (χ1) is 8.16. The van der Waals surface area contributed by atoms with E-state index in [-0.39, 0.29) is 5.69 Å².